The van der Waals surface area contributed by atoms with E-state index < -0.39 is 0 Å². The van der Waals surface area contributed by atoms with Crippen molar-refractivity contribution >= 4 is 11.9 Å². The average molecular weight is 160 g/mol. The van der Waals surface area contributed by atoms with Gasteiger partial charge in [0.05, 0.1) is 0 Å². The quantitative estimate of drug-likeness (QED) is 0.624. The van der Waals surface area contributed by atoms with Crippen molar-refractivity contribution in [2.45, 2.75) is 25.0 Å². The molecule has 60 valence electrons. The molecular weight excluding hydrogens is 144 g/mol. The molecule has 1 fully saturated rings. The minimum Gasteiger partial charge on any atom is -0.301 e. The molecule has 0 spiro atoms. The van der Waals surface area contributed by atoms with Crippen molar-refractivity contribution in [1.82, 2.24) is 4.90 Å². The van der Waals surface area contributed by atoms with Crippen molar-refractivity contribution in [2.24, 2.45) is 5.14 Å². The Labute approximate surface area is 67.3 Å². The van der Waals surface area contributed by atoms with Crippen LogP contribution >= 0.6 is 11.9 Å². The van der Waals surface area contributed by atoms with Crippen molar-refractivity contribution in [3.63, 3.8) is 0 Å². The molecule has 0 bridgehead atoms. The molecule has 0 saturated carbocycles. The maximum absolute atomic E-state index is 5.41. The standard InChI is InChI=1S/C7H16N2S/c1-2-3-4-9-5-7(6-9)10-8/h7H,2-6,8H2,1H3. The molecule has 0 aromatic heterocycles. The van der Waals surface area contributed by atoms with E-state index in [9.17, 15) is 0 Å². The highest BCUT2D eigenvalue weighted by molar-refractivity contribution is 7.97. The van der Waals surface area contributed by atoms with E-state index in [2.05, 4.69) is 11.8 Å². The van der Waals surface area contributed by atoms with E-state index >= 15 is 0 Å². The van der Waals surface area contributed by atoms with E-state index in [0.29, 0.717) is 0 Å². The summed E-state index contributed by atoms with van der Waals surface area (Å²) in [6, 6.07) is 0. The van der Waals surface area contributed by atoms with Crippen LogP contribution in [-0.4, -0.2) is 29.8 Å². The summed E-state index contributed by atoms with van der Waals surface area (Å²) in [6.07, 6.45) is 2.64. The van der Waals surface area contributed by atoms with Crippen LogP contribution in [0.15, 0.2) is 0 Å². The lowest BCUT2D eigenvalue weighted by Gasteiger charge is -2.37. The largest absolute Gasteiger partial charge is 0.301 e. The third-order valence-corrected chi connectivity index (χ3v) is 2.63. The minimum absolute atomic E-state index is 0.719. The van der Waals surface area contributed by atoms with Gasteiger partial charge < -0.3 is 4.90 Å². The fourth-order valence-corrected chi connectivity index (χ4v) is 1.77. The van der Waals surface area contributed by atoms with Gasteiger partial charge in [0.1, 0.15) is 0 Å². The summed E-state index contributed by atoms with van der Waals surface area (Å²) < 4.78 is 0. The first-order chi connectivity index (χ1) is 4.86. The second-order valence-electron chi connectivity index (χ2n) is 2.87. The smallest absolute Gasteiger partial charge is 0.0445 e. The van der Waals surface area contributed by atoms with Crippen LogP contribution in [0.1, 0.15) is 19.8 Å². The van der Waals surface area contributed by atoms with Gasteiger partial charge >= 0.3 is 0 Å². The molecule has 2 N–H and O–H groups in total. The highest BCUT2D eigenvalue weighted by Crippen LogP contribution is 2.17. The molecule has 0 amide bonds. The normalized spacial score (nSPS) is 21.0. The number of hydrogen-bond donors (Lipinski definition) is 1. The van der Waals surface area contributed by atoms with Crippen molar-refractivity contribution in [3.05, 3.63) is 0 Å². The SMILES string of the molecule is CCCCN1CC(SN)C1. The van der Waals surface area contributed by atoms with Crippen LogP contribution in [0.2, 0.25) is 0 Å². The van der Waals surface area contributed by atoms with Crippen LogP contribution in [0.3, 0.4) is 0 Å². The fourth-order valence-electron chi connectivity index (χ4n) is 1.17. The van der Waals surface area contributed by atoms with E-state index in [-0.39, 0.29) is 0 Å². The number of rotatable bonds is 4. The van der Waals surface area contributed by atoms with Crippen molar-refractivity contribution in [3.8, 4) is 0 Å². The molecule has 1 rings (SSSR count). The lowest BCUT2D eigenvalue weighted by molar-refractivity contribution is 0.188. The van der Waals surface area contributed by atoms with Crippen molar-refractivity contribution < 1.29 is 0 Å². The van der Waals surface area contributed by atoms with Crippen LogP contribution in [0.25, 0.3) is 0 Å². The van der Waals surface area contributed by atoms with E-state index in [0.717, 1.165) is 5.25 Å². The number of hydrogen-bond acceptors (Lipinski definition) is 3. The van der Waals surface area contributed by atoms with Gasteiger partial charge in [-0.25, -0.2) is 0 Å². The number of nitrogens with zero attached hydrogens (tertiary/aromatic N) is 1. The maximum atomic E-state index is 5.41. The van der Waals surface area contributed by atoms with Gasteiger partial charge in [-0.15, -0.1) is 0 Å². The highest BCUT2D eigenvalue weighted by Gasteiger charge is 2.24. The first-order valence-corrected chi connectivity index (χ1v) is 4.89. The fraction of sp³-hybridized carbons (Fsp3) is 1.00. The maximum Gasteiger partial charge on any atom is 0.0445 e. The molecule has 0 aromatic carbocycles. The summed E-state index contributed by atoms with van der Waals surface area (Å²) in [7, 11) is 0. The molecule has 0 aromatic rings. The van der Waals surface area contributed by atoms with E-state index in [4.69, 9.17) is 5.14 Å². The van der Waals surface area contributed by atoms with Gasteiger partial charge in [-0.2, -0.15) is 0 Å². The molecule has 1 heterocycles. The molecule has 2 nitrogen and oxygen atoms in total. The molecule has 3 heteroatoms. The number of likely N-dealkylation sites (tertiary alicyclic amines) is 1. The van der Waals surface area contributed by atoms with Crippen LogP contribution in [0, 0.1) is 0 Å². The third kappa shape index (κ3) is 2.15. The lowest BCUT2D eigenvalue weighted by atomic mass is 10.2. The molecule has 1 aliphatic rings. The first-order valence-electron chi connectivity index (χ1n) is 3.94. The number of unbranched alkanes of at least 4 members (excludes halogenated alkanes) is 1. The van der Waals surface area contributed by atoms with Gasteiger partial charge in [-0.3, -0.25) is 5.14 Å². The molecule has 0 unspecified atom stereocenters. The monoisotopic (exact) mass is 160 g/mol. The van der Waals surface area contributed by atoms with Gasteiger partial charge in [-0.1, -0.05) is 25.3 Å². The molecule has 1 saturated heterocycles. The summed E-state index contributed by atoms with van der Waals surface area (Å²) in [4.78, 5) is 2.47. The third-order valence-electron chi connectivity index (χ3n) is 1.94. The van der Waals surface area contributed by atoms with Crippen LogP contribution in [0.5, 0.6) is 0 Å². The molecule has 0 radical (unpaired) electrons. The van der Waals surface area contributed by atoms with Gasteiger partial charge in [0, 0.05) is 18.3 Å². The molecular formula is C7H16N2S. The van der Waals surface area contributed by atoms with Crippen molar-refractivity contribution in [1.29, 1.82) is 0 Å². The molecule has 10 heavy (non-hydrogen) atoms. The summed E-state index contributed by atoms with van der Waals surface area (Å²) >= 11 is 1.51. The molecule has 0 aliphatic carbocycles. The first kappa shape index (κ1) is 8.37. The van der Waals surface area contributed by atoms with Crippen LogP contribution < -0.4 is 5.14 Å². The second kappa shape index (κ2) is 4.21. The summed E-state index contributed by atoms with van der Waals surface area (Å²) in [5.74, 6) is 0. The predicted molar refractivity (Wildman–Crippen MR) is 46.9 cm³/mol. The summed E-state index contributed by atoms with van der Waals surface area (Å²) in [6.45, 7) is 5.92. The lowest BCUT2D eigenvalue weighted by Crippen LogP contribution is -2.49. The van der Waals surface area contributed by atoms with Gasteiger partial charge in [-0.05, 0) is 13.0 Å². The predicted octanol–water partition coefficient (Wildman–Crippen LogP) is 1.08. The van der Waals surface area contributed by atoms with E-state index in [1.807, 2.05) is 0 Å². The van der Waals surface area contributed by atoms with Crippen molar-refractivity contribution in [2.75, 3.05) is 19.6 Å². The second-order valence-corrected chi connectivity index (χ2v) is 3.81. The average Bonchev–Trinajstić information content (AvgIpc) is 1.86. The summed E-state index contributed by atoms with van der Waals surface area (Å²) in [5.41, 5.74) is 0. The van der Waals surface area contributed by atoms with Gasteiger partial charge in [0.2, 0.25) is 0 Å². The highest BCUT2D eigenvalue weighted by atomic mass is 32.2. The van der Waals surface area contributed by atoms with Gasteiger partial charge in [0.15, 0.2) is 0 Å². The van der Waals surface area contributed by atoms with Crippen LogP contribution in [0.4, 0.5) is 0 Å². The van der Waals surface area contributed by atoms with E-state index in [1.165, 1.54) is 44.4 Å². The van der Waals surface area contributed by atoms with Crippen LogP contribution in [-0.2, 0) is 0 Å². The van der Waals surface area contributed by atoms with E-state index in [1.54, 1.807) is 0 Å². The molecule has 1 aliphatic heterocycles. The Morgan fingerprint density at radius 2 is 2.30 bits per heavy atom. The Bertz CT molecular complexity index is 88.9. The Morgan fingerprint density at radius 1 is 1.60 bits per heavy atom. The number of nitrogens with two attached hydrogens (primary N) is 1. The van der Waals surface area contributed by atoms with Gasteiger partial charge in [0.25, 0.3) is 0 Å². The zero-order valence-corrected chi connectivity index (χ0v) is 7.36. The zero-order chi connectivity index (χ0) is 7.40. The summed E-state index contributed by atoms with van der Waals surface area (Å²) in [5, 5.41) is 6.13. The Kier molecular flexibility index (Phi) is 3.52. The Morgan fingerprint density at radius 3 is 2.80 bits per heavy atom. The zero-order valence-electron chi connectivity index (χ0n) is 6.55. The Hall–Kier alpha value is 0.270. The minimum atomic E-state index is 0.719. The molecule has 0 atom stereocenters. The Balaban J connectivity index is 1.93. The topological polar surface area (TPSA) is 29.3 Å².